The molecular weight excluding hydrogens is 344 g/mol. The molecule has 0 fully saturated rings. The monoisotopic (exact) mass is 358 g/mol. The van der Waals surface area contributed by atoms with Crippen molar-refractivity contribution in [3.05, 3.63) is 69.2 Å². The van der Waals surface area contributed by atoms with Crippen LogP contribution in [0.25, 0.3) is 10.9 Å². The predicted molar refractivity (Wildman–Crippen MR) is 90.4 cm³/mol. The van der Waals surface area contributed by atoms with Crippen LogP contribution in [0.2, 0.25) is 0 Å². The summed E-state index contributed by atoms with van der Waals surface area (Å²) >= 11 is 3.38. The fraction of sp³-hybridized carbons (Fsp3) is 0.176. The van der Waals surface area contributed by atoms with E-state index in [1.54, 1.807) is 17.0 Å². The third-order valence-corrected chi connectivity index (χ3v) is 3.90. The molecule has 0 bridgehead atoms. The van der Waals surface area contributed by atoms with Gasteiger partial charge in [-0.3, -0.25) is 9.36 Å². The van der Waals surface area contributed by atoms with Crippen molar-refractivity contribution < 1.29 is 4.74 Å². The Kier molecular flexibility index (Phi) is 4.24. The average molecular weight is 359 g/mol. The lowest BCUT2D eigenvalue weighted by Crippen LogP contribution is -2.23. The molecule has 0 aliphatic heterocycles. The van der Waals surface area contributed by atoms with E-state index in [2.05, 4.69) is 20.9 Å². The minimum absolute atomic E-state index is 0.0567. The van der Waals surface area contributed by atoms with Crippen molar-refractivity contribution in [2.75, 3.05) is 6.61 Å². The van der Waals surface area contributed by atoms with Gasteiger partial charge in [0.05, 0.1) is 23.8 Å². The van der Waals surface area contributed by atoms with Crippen LogP contribution in [0.1, 0.15) is 5.56 Å². The number of benzene rings is 2. The molecule has 0 atom stereocenters. The van der Waals surface area contributed by atoms with Crippen LogP contribution in [0.4, 0.5) is 0 Å². The first-order valence-corrected chi connectivity index (χ1v) is 7.77. The molecule has 0 aliphatic rings. The van der Waals surface area contributed by atoms with E-state index in [1.165, 1.54) is 5.56 Å². The Morgan fingerprint density at radius 3 is 2.73 bits per heavy atom. The van der Waals surface area contributed by atoms with Gasteiger partial charge in [-0.2, -0.15) is 0 Å². The molecular formula is C17H15BrN2O2. The lowest BCUT2D eigenvalue weighted by Gasteiger charge is -2.09. The zero-order valence-corrected chi connectivity index (χ0v) is 13.7. The van der Waals surface area contributed by atoms with Crippen LogP contribution in [0, 0.1) is 6.92 Å². The second-order valence-corrected chi connectivity index (χ2v) is 5.98. The molecule has 0 aliphatic carbocycles. The van der Waals surface area contributed by atoms with Crippen molar-refractivity contribution >= 4 is 26.8 Å². The molecule has 2 aromatic carbocycles. The molecule has 22 heavy (non-hydrogen) atoms. The van der Waals surface area contributed by atoms with Gasteiger partial charge in [-0.25, -0.2) is 4.98 Å². The first-order valence-electron chi connectivity index (χ1n) is 6.98. The van der Waals surface area contributed by atoms with E-state index < -0.39 is 0 Å². The molecule has 1 heterocycles. The fourth-order valence-corrected chi connectivity index (χ4v) is 2.55. The summed E-state index contributed by atoms with van der Waals surface area (Å²) in [7, 11) is 0. The van der Waals surface area contributed by atoms with Crippen LogP contribution in [0.15, 0.2) is 58.1 Å². The second-order valence-electron chi connectivity index (χ2n) is 5.07. The van der Waals surface area contributed by atoms with Crippen LogP contribution in [0.5, 0.6) is 5.75 Å². The van der Waals surface area contributed by atoms with Gasteiger partial charge in [0.1, 0.15) is 12.4 Å². The van der Waals surface area contributed by atoms with Crippen molar-refractivity contribution in [2.45, 2.75) is 13.5 Å². The van der Waals surface area contributed by atoms with Crippen molar-refractivity contribution in [3.63, 3.8) is 0 Å². The average Bonchev–Trinajstić information content (AvgIpc) is 2.52. The highest BCUT2D eigenvalue weighted by Crippen LogP contribution is 2.15. The maximum Gasteiger partial charge on any atom is 0.261 e. The maximum atomic E-state index is 12.4. The number of aromatic nitrogens is 2. The summed E-state index contributed by atoms with van der Waals surface area (Å²) in [4.78, 5) is 16.7. The SMILES string of the molecule is Cc1ccc(OCCn2cnc3ccc(Br)cc3c2=O)cc1. The Morgan fingerprint density at radius 2 is 1.95 bits per heavy atom. The molecule has 0 saturated carbocycles. The molecule has 0 unspecified atom stereocenters. The molecule has 112 valence electrons. The molecule has 0 saturated heterocycles. The number of nitrogens with zero attached hydrogens (tertiary/aromatic N) is 2. The molecule has 3 rings (SSSR count). The summed E-state index contributed by atoms with van der Waals surface area (Å²) in [5.41, 5.74) is 1.83. The molecule has 3 aromatic rings. The number of fused-ring (bicyclic) bond motifs is 1. The van der Waals surface area contributed by atoms with E-state index in [0.29, 0.717) is 24.1 Å². The van der Waals surface area contributed by atoms with Crippen molar-refractivity contribution in [3.8, 4) is 5.75 Å². The van der Waals surface area contributed by atoms with Gasteiger partial charge in [0.25, 0.3) is 5.56 Å². The van der Waals surface area contributed by atoms with Gasteiger partial charge >= 0.3 is 0 Å². The van der Waals surface area contributed by atoms with Gasteiger partial charge in [-0.15, -0.1) is 0 Å². The minimum Gasteiger partial charge on any atom is -0.492 e. The zero-order chi connectivity index (χ0) is 15.5. The molecule has 1 aromatic heterocycles. The lowest BCUT2D eigenvalue weighted by molar-refractivity contribution is 0.296. The Morgan fingerprint density at radius 1 is 1.18 bits per heavy atom. The smallest absolute Gasteiger partial charge is 0.261 e. The van der Waals surface area contributed by atoms with Crippen LogP contribution in [-0.4, -0.2) is 16.2 Å². The van der Waals surface area contributed by atoms with Gasteiger partial charge in [0.2, 0.25) is 0 Å². The number of hydrogen-bond acceptors (Lipinski definition) is 3. The molecule has 0 radical (unpaired) electrons. The standard InChI is InChI=1S/C17H15BrN2O2/c1-12-2-5-14(6-3-12)22-9-8-20-11-19-16-7-4-13(18)10-15(16)17(20)21/h2-7,10-11H,8-9H2,1H3. The lowest BCUT2D eigenvalue weighted by atomic mass is 10.2. The Labute approximate surface area is 136 Å². The highest BCUT2D eigenvalue weighted by Gasteiger charge is 2.05. The third kappa shape index (κ3) is 3.20. The minimum atomic E-state index is -0.0567. The highest BCUT2D eigenvalue weighted by molar-refractivity contribution is 9.10. The first kappa shape index (κ1) is 14.8. The Bertz CT molecular complexity index is 857. The van der Waals surface area contributed by atoms with Crippen molar-refractivity contribution in [1.29, 1.82) is 0 Å². The van der Waals surface area contributed by atoms with E-state index in [4.69, 9.17) is 4.74 Å². The summed E-state index contributed by atoms with van der Waals surface area (Å²) in [6, 6.07) is 13.3. The highest BCUT2D eigenvalue weighted by atomic mass is 79.9. The van der Waals surface area contributed by atoms with Gasteiger partial charge < -0.3 is 4.74 Å². The van der Waals surface area contributed by atoms with Gasteiger partial charge in [-0.05, 0) is 37.3 Å². The maximum absolute atomic E-state index is 12.4. The largest absolute Gasteiger partial charge is 0.492 e. The molecule has 0 amide bonds. The Hall–Kier alpha value is -2.14. The summed E-state index contributed by atoms with van der Waals surface area (Å²) in [5, 5.41) is 0.604. The van der Waals surface area contributed by atoms with E-state index in [-0.39, 0.29) is 5.56 Å². The van der Waals surface area contributed by atoms with Crippen LogP contribution >= 0.6 is 15.9 Å². The van der Waals surface area contributed by atoms with E-state index >= 15 is 0 Å². The van der Waals surface area contributed by atoms with Crippen LogP contribution in [-0.2, 0) is 6.54 Å². The molecule has 0 spiro atoms. The second kappa shape index (κ2) is 6.32. The molecule has 4 nitrogen and oxygen atoms in total. The predicted octanol–water partition coefficient (Wildman–Crippen LogP) is 3.55. The quantitative estimate of drug-likeness (QED) is 0.716. The van der Waals surface area contributed by atoms with E-state index in [1.807, 2.05) is 43.3 Å². The van der Waals surface area contributed by atoms with E-state index in [0.717, 1.165) is 10.2 Å². The summed E-state index contributed by atoms with van der Waals surface area (Å²) in [6.45, 7) is 2.91. The van der Waals surface area contributed by atoms with Crippen molar-refractivity contribution in [1.82, 2.24) is 9.55 Å². The number of ether oxygens (including phenoxy) is 1. The number of hydrogen-bond donors (Lipinski definition) is 0. The normalized spacial score (nSPS) is 10.8. The summed E-state index contributed by atoms with van der Waals surface area (Å²) in [6.07, 6.45) is 1.57. The van der Waals surface area contributed by atoms with Gasteiger partial charge in [0.15, 0.2) is 0 Å². The number of aryl methyl sites for hydroxylation is 1. The summed E-state index contributed by atoms with van der Waals surface area (Å²) in [5.74, 6) is 0.801. The topological polar surface area (TPSA) is 44.1 Å². The zero-order valence-electron chi connectivity index (χ0n) is 12.1. The van der Waals surface area contributed by atoms with Gasteiger partial charge in [-0.1, -0.05) is 33.6 Å². The fourth-order valence-electron chi connectivity index (χ4n) is 2.19. The Balaban J connectivity index is 1.75. The molecule has 5 heteroatoms. The van der Waals surface area contributed by atoms with Crippen LogP contribution < -0.4 is 10.3 Å². The van der Waals surface area contributed by atoms with Crippen LogP contribution in [0.3, 0.4) is 0 Å². The summed E-state index contributed by atoms with van der Waals surface area (Å²) < 4.78 is 8.10. The van der Waals surface area contributed by atoms with Crippen molar-refractivity contribution in [2.24, 2.45) is 0 Å². The number of rotatable bonds is 4. The number of halogens is 1. The third-order valence-electron chi connectivity index (χ3n) is 3.41. The molecule has 0 N–H and O–H groups in total. The van der Waals surface area contributed by atoms with E-state index in [9.17, 15) is 4.79 Å². The first-order chi connectivity index (χ1) is 10.6. The van der Waals surface area contributed by atoms with Gasteiger partial charge in [0, 0.05) is 4.47 Å².